The van der Waals surface area contributed by atoms with Gasteiger partial charge in [0.1, 0.15) is 0 Å². The van der Waals surface area contributed by atoms with Gasteiger partial charge in [0.05, 0.1) is 0 Å². The first-order chi connectivity index (χ1) is 9.51. The summed E-state index contributed by atoms with van der Waals surface area (Å²) in [6.45, 7) is 5.49. The normalized spacial score (nSPS) is 26.2. The van der Waals surface area contributed by atoms with Gasteiger partial charge >= 0.3 is 5.97 Å². The van der Waals surface area contributed by atoms with E-state index in [9.17, 15) is 9.59 Å². The largest absolute Gasteiger partial charge is 0.481 e. The molecule has 114 valence electrons. The van der Waals surface area contributed by atoms with Crippen LogP contribution in [0.25, 0.3) is 0 Å². The van der Waals surface area contributed by atoms with Crippen LogP contribution < -0.4 is 5.32 Å². The molecule has 0 aromatic heterocycles. The van der Waals surface area contributed by atoms with Crippen LogP contribution in [0, 0.1) is 11.3 Å². The molecule has 2 N–H and O–H groups in total. The second kappa shape index (κ2) is 6.57. The van der Waals surface area contributed by atoms with Crippen molar-refractivity contribution < 1.29 is 14.7 Å². The predicted molar refractivity (Wildman–Crippen MR) is 76.4 cm³/mol. The van der Waals surface area contributed by atoms with Gasteiger partial charge in [-0.05, 0) is 51.1 Å². The number of carbonyl (C=O) groups is 2. The van der Waals surface area contributed by atoms with Crippen molar-refractivity contribution >= 4 is 11.9 Å². The maximum absolute atomic E-state index is 12.7. The number of likely N-dealkylation sites (tertiary alicyclic amines) is 1. The predicted octanol–water partition coefficient (Wildman–Crippen LogP) is 1.48. The minimum absolute atomic E-state index is 0.216. The number of carboxylic acid groups (broad SMARTS) is 1. The zero-order valence-electron chi connectivity index (χ0n) is 12.4. The summed E-state index contributed by atoms with van der Waals surface area (Å²) in [6, 6.07) is 0. The van der Waals surface area contributed by atoms with E-state index < -0.39 is 5.97 Å². The lowest BCUT2D eigenvalue weighted by molar-refractivity contribution is -0.144. The summed E-state index contributed by atoms with van der Waals surface area (Å²) >= 11 is 0. The molecule has 1 unspecified atom stereocenters. The van der Waals surface area contributed by atoms with Crippen molar-refractivity contribution in [2.75, 3.05) is 26.2 Å². The summed E-state index contributed by atoms with van der Waals surface area (Å²) in [6.07, 6.45) is 4.77. The molecule has 2 rings (SSSR count). The molecule has 0 aromatic rings. The highest BCUT2D eigenvalue weighted by molar-refractivity contribution is 5.82. The van der Waals surface area contributed by atoms with E-state index >= 15 is 0 Å². The summed E-state index contributed by atoms with van der Waals surface area (Å²) in [5, 5.41) is 12.1. The van der Waals surface area contributed by atoms with E-state index in [2.05, 4.69) is 12.2 Å². The number of carboxylic acids is 1. The number of hydrogen-bond donors (Lipinski definition) is 2. The molecule has 2 heterocycles. The molecule has 2 aliphatic rings. The van der Waals surface area contributed by atoms with Gasteiger partial charge in [-0.3, -0.25) is 9.59 Å². The summed E-state index contributed by atoms with van der Waals surface area (Å²) in [5.74, 6) is -0.105. The molecule has 0 saturated carbocycles. The molecule has 0 bridgehead atoms. The lowest BCUT2D eigenvalue weighted by Crippen LogP contribution is -2.50. The SMILES string of the molecule is CC1(C(=O)N2CCCC(CCC(=O)O)C2)CCNCC1. The number of carbonyl (C=O) groups excluding carboxylic acids is 1. The molecule has 1 atom stereocenters. The van der Waals surface area contributed by atoms with E-state index in [1.165, 1.54) is 0 Å². The van der Waals surface area contributed by atoms with E-state index in [4.69, 9.17) is 5.11 Å². The van der Waals surface area contributed by atoms with Crippen molar-refractivity contribution in [2.24, 2.45) is 11.3 Å². The number of nitrogens with one attached hydrogen (secondary N) is 1. The third-order valence-electron chi connectivity index (χ3n) is 4.80. The molecule has 0 aromatic carbocycles. The number of rotatable bonds is 4. The van der Waals surface area contributed by atoms with Crippen LogP contribution in [-0.4, -0.2) is 48.1 Å². The highest BCUT2D eigenvalue weighted by Gasteiger charge is 2.38. The Kier molecular flexibility index (Phi) is 5.02. The summed E-state index contributed by atoms with van der Waals surface area (Å²) < 4.78 is 0. The molecule has 2 fully saturated rings. The third kappa shape index (κ3) is 3.72. The zero-order chi connectivity index (χ0) is 14.6. The first kappa shape index (κ1) is 15.3. The van der Waals surface area contributed by atoms with Crippen LogP contribution >= 0.6 is 0 Å². The fourth-order valence-corrected chi connectivity index (χ4v) is 3.39. The molecule has 2 aliphatic heterocycles. The number of piperidine rings is 2. The van der Waals surface area contributed by atoms with Gasteiger partial charge in [-0.15, -0.1) is 0 Å². The van der Waals surface area contributed by atoms with Gasteiger partial charge in [0, 0.05) is 24.9 Å². The lowest BCUT2D eigenvalue weighted by Gasteiger charge is -2.40. The molecular weight excluding hydrogens is 256 g/mol. The quantitative estimate of drug-likeness (QED) is 0.819. The monoisotopic (exact) mass is 282 g/mol. The standard InChI is InChI=1S/C15H26N2O3/c1-15(6-8-16-9-7-15)14(20)17-10-2-3-12(11-17)4-5-13(18)19/h12,16H,2-11H2,1H3,(H,18,19). The summed E-state index contributed by atoms with van der Waals surface area (Å²) in [4.78, 5) is 25.4. The molecule has 0 aliphatic carbocycles. The Morgan fingerprint density at radius 2 is 2.05 bits per heavy atom. The van der Waals surface area contributed by atoms with E-state index in [1.54, 1.807) is 0 Å². The van der Waals surface area contributed by atoms with Gasteiger partial charge in [0.15, 0.2) is 0 Å². The fourth-order valence-electron chi connectivity index (χ4n) is 3.39. The average molecular weight is 282 g/mol. The summed E-state index contributed by atoms with van der Waals surface area (Å²) in [5.41, 5.74) is -0.222. The van der Waals surface area contributed by atoms with Crippen molar-refractivity contribution in [1.82, 2.24) is 10.2 Å². The zero-order valence-corrected chi connectivity index (χ0v) is 12.4. The fraction of sp³-hybridized carbons (Fsp3) is 0.867. The van der Waals surface area contributed by atoms with Crippen molar-refractivity contribution in [3.05, 3.63) is 0 Å². The van der Waals surface area contributed by atoms with Crippen LogP contribution in [0.4, 0.5) is 0 Å². The van der Waals surface area contributed by atoms with Crippen molar-refractivity contribution in [3.8, 4) is 0 Å². The number of aliphatic carboxylic acids is 1. The molecule has 5 nitrogen and oxygen atoms in total. The number of hydrogen-bond acceptors (Lipinski definition) is 3. The van der Waals surface area contributed by atoms with Crippen LogP contribution in [0.2, 0.25) is 0 Å². The first-order valence-corrected chi connectivity index (χ1v) is 7.73. The van der Waals surface area contributed by atoms with Gasteiger partial charge in [0.2, 0.25) is 5.91 Å². The summed E-state index contributed by atoms with van der Waals surface area (Å²) in [7, 11) is 0. The Hall–Kier alpha value is -1.10. The van der Waals surface area contributed by atoms with Gasteiger partial charge in [-0.25, -0.2) is 0 Å². The Morgan fingerprint density at radius 1 is 1.35 bits per heavy atom. The van der Waals surface area contributed by atoms with Gasteiger partial charge < -0.3 is 15.3 Å². The Balaban J connectivity index is 1.90. The molecule has 0 spiro atoms. The van der Waals surface area contributed by atoms with Gasteiger partial charge in [-0.1, -0.05) is 6.92 Å². The van der Waals surface area contributed by atoms with Crippen molar-refractivity contribution in [3.63, 3.8) is 0 Å². The Bertz CT molecular complexity index is 364. The Morgan fingerprint density at radius 3 is 2.70 bits per heavy atom. The van der Waals surface area contributed by atoms with Crippen LogP contribution in [0.1, 0.15) is 45.4 Å². The van der Waals surface area contributed by atoms with Crippen molar-refractivity contribution in [2.45, 2.75) is 45.4 Å². The van der Waals surface area contributed by atoms with Crippen molar-refractivity contribution in [1.29, 1.82) is 0 Å². The lowest BCUT2D eigenvalue weighted by atomic mass is 9.79. The molecule has 5 heteroatoms. The Labute approximate surface area is 120 Å². The third-order valence-corrected chi connectivity index (χ3v) is 4.80. The van der Waals surface area contributed by atoms with Crippen LogP contribution in [-0.2, 0) is 9.59 Å². The van der Waals surface area contributed by atoms with E-state index in [1.807, 2.05) is 4.90 Å². The maximum atomic E-state index is 12.7. The second-order valence-corrected chi connectivity index (χ2v) is 6.50. The van der Waals surface area contributed by atoms with Crippen LogP contribution in [0.5, 0.6) is 0 Å². The van der Waals surface area contributed by atoms with E-state index in [0.717, 1.165) is 51.9 Å². The first-order valence-electron chi connectivity index (χ1n) is 7.73. The highest BCUT2D eigenvalue weighted by atomic mass is 16.4. The van der Waals surface area contributed by atoms with E-state index in [-0.39, 0.29) is 17.7 Å². The van der Waals surface area contributed by atoms with E-state index in [0.29, 0.717) is 12.3 Å². The number of amides is 1. The van der Waals surface area contributed by atoms with Crippen LogP contribution in [0.15, 0.2) is 0 Å². The molecular formula is C15H26N2O3. The van der Waals surface area contributed by atoms with Gasteiger partial charge in [-0.2, -0.15) is 0 Å². The second-order valence-electron chi connectivity index (χ2n) is 6.50. The van der Waals surface area contributed by atoms with Crippen LogP contribution in [0.3, 0.4) is 0 Å². The average Bonchev–Trinajstić information content (AvgIpc) is 2.45. The van der Waals surface area contributed by atoms with Gasteiger partial charge in [0.25, 0.3) is 0 Å². The number of nitrogens with zero attached hydrogens (tertiary/aromatic N) is 1. The molecule has 20 heavy (non-hydrogen) atoms. The molecule has 2 saturated heterocycles. The minimum Gasteiger partial charge on any atom is -0.481 e. The maximum Gasteiger partial charge on any atom is 0.303 e. The highest BCUT2D eigenvalue weighted by Crippen LogP contribution is 2.32. The minimum atomic E-state index is -0.737. The molecule has 0 radical (unpaired) electrons. The smallest absolute Gasteiger partial charge is 0.303 e. The molecule has 1 amide bonds. The topological polar surface area (TPSA) is 69.6 Å².